The summed E-state index contributed by atoms with van der Waals surface area (Å²) < 4.78 is 39.8. The van der Waals surface area contributed by atoms with Gasteiger partial charge in [0.1, 0.15) is 11.9 Å². The first-order valence-electron chi connectivity index (χ1n) is 11.5. The van der Waals surface area contributed by atoms with Crippen LogP contribution in [-0.2, 0) is 26.2 Å². The van der Waals surface area contributed by atoms with Crippen molar-refractivity contribution >= 4 is 39.1 Å². The number of anilines is 1. The van der Waals surface area contributed by atoms with Crippen LogP contribution >= 0.6 is 11.6 Å². The van der Waals surface area contributed by atoms with Gasteiger partial charge in [-0.1, -0.05) is 42.8 Å². The molecule has 0 bridgehead atoms. The summed E-state index contributed by atoms with van der Waals surface area (Å²) >= 11 is 5.98. The van der Waals surface area contributed by atoms with Gasteiger partial charge >= 0.3 is 0 Å². The Morgan fingerprint density at radius 1 is 1.09 bits per heavy atom. The van der Waals surface area contributed by atoms with Crippen LogP contribution in [0.2, 0.25) is 5.02 Å². The molecule has 1 unspecified atom stereocenters. The second-order valence-corrected chi connectivity index (χ2v) is 11.0. The lowest BCUT2D eigenvalue weighted by Crippen LogP contribution is -2.50. The fourth-order valence-corrected chi connectivity index (χ4v) is 4.82. The third-order valence-electron chi connectivity index (χ3n) is 5.36. The minimum absolute atomic E-state index is 0.0144. The van der Waals surface area contributed by atoms with Crippen molar-refractivity contribution in [3.8, 4) is 0 Å². The lowest BCUT2D eigenvalue weighted by atomic mass is 10.1. The number of hydrogen-bond acceptors (Lipinski definition) is 4. The molecule has 1 N–H and O–H groups in total. The average Bonchev–Trinajstić information content (AvgIpc) is 2.77. The fourth-order valence-electron chi connectivity index (χ4n) is 3.72. The number of carbonyl (C=O) groups excluding carboxylic acids is 2. The van der Waals surface area contributed by atoms with Crippen molar-refractivity contribution < 1.29 is 22.4 Å². The number of hydrogen-bond donors (Lipinski definition) is 1. The molecule has 0 saturated heterocycles. The van der Waals surface area contributed by atoms with Gasteiger partial charge in [-0.05, 0) is 56.5 Å². The molecule has 0 aliphatic rings. The van der Waals surface area contributed by atoms with Crippen molar-refractivity contribution in [3.63, 3.8) is 0 Å². The number of para-hydroxylation sites is 1. The van der Waals surface area contributed by atoms with Gasteiger partial charge in [0.05, 0.1) is 11.9 Å². The number of amides is 2. The van der Waals surface area contributed by atoms with Crippen LogP contribution in [0.25, 0.3) is 0 Å². The van der Waals surface area contributed by atoms with Gasteiger partial charge in [-0.15, -0.1) is 0 Å². The largest absolute Gasteiger partial charge is 0.352 e. The second kappa shape index (κ2) is 12.9. The van der Waals surface area contributed by atoms with Crippen molar-refractivity contribution in [1.82, 2.24) is 10.2 Å². The molecule has 10 heteroatoms. The van der Waals surface area contributed by atoms with E-state index in [0.717, 1.165) is 16.1 Å². The standard InChI is InChI=1S/C25H33ClFN3O4S/c1-5-22(25(32)28-18(2)3)29(17-19-12-14-20(26)15-13-19)24(31)11-8-16-30(35(4,33)34)23-10-7-6-9-21(23)27/h6-7,9-10,12-15,18,22H,5,8,11,16-17H2,1-4H3,(H,28,32). The predicted octanol–water partition coefficient (Wildman–Crippen LogP) is 4.36. The molecule has 2 aromatic rings. The van der Waals surface area contributed by atoms with Crippen LogP contribution in [0.15, 0.2) is 48.5 Å². The topological polar surface area (TPSA) is 86.8 Å². The Morgan fingerprint density at radius 2 is 1.71 bits per heavy atom. The number of sulfonamides is 1. The smallest absolute Gasteiger partial charge is 0.243 e. The molecule has 2 aromatic carbocycles. The molecule has 2 rings (SSSR count). The normalized spacial score (nSPS) is 12.3. The third-order valence-corrected chi connectivity index (χ3v) is 6.79. The van der Waals surface area contributed by atoms with E-state index in [9.17, 15) is 22.4 Å². The molecule has 0 radical (unpaired) electrons. The van der Waals surface area contributed by atoms with E-state index < -0.39 is 21.9 Å². The minimum atomic E-state index is -3.77. The van der Waals surface area contributed by atoms with Crippen LogP contribution in [0.5, 0.6) is 0 Å². The van der Waals surface area contributed by atoms with E-state index in [1.807, 2.05) is 20.8 Å². The Kier molecular flexibility index (Phi) is 10.5. The first-order valence-corrected chi connectivity index (χ1v) is 13.7. The van der Waals surface area contributed by atoms with Crippen molar-refractivity contribution in [2.45, 2.75) is 58.7 Å². The highest BCUT2D eigenvalue weighted by Gasteiger charge is 2.29. The zero-order chi connectivity index (χ0) is 26.2. The van der Waals surface area contributed by atoms with Gasteiger partial charge < -0.3 is 10.2 Å². The average molecular weight is 526 g/mol. The Balaban J connectivity index is 2.22. The maximum Gasteiger partial charge on any atom is 0.243 e. The van der Waals surface area contributed by atoms with Crippen LogP contribution in [0.4, 0.5) is 10.1 Å². The quantitative estimate of drug-likeness (QED) is 0.446. The summed E-state index contributed by atoms with van der Waals surface area (Å²) in [7, 11) is -3.77. The molecule has 0 spiro atoms. The Hall–Kier alpha value is -2.65. The SMILES string of the molecule is CCC(C(=O)NC(C)C)N(Cc1ccc(Cl)cc1)C(=O)CCCN(c1ccccc1F)S(C)(=O)=O. The van der Waals surface area contributed by atoms with Gasteiger partial charge in [-0.3, -0.25) is 13.9 Å². The van der Waals surface area contributed by atoms with E-state index >= 15 is 0 Å². The summed E-state index contributed by atoms with van der Waals surface area (Å²) in [6.07, 6.45) is 1.54. The third kappa shape index (κ3) is 8.50. The molecule has 7 nitrogen and oxygen atoms in total. The van der Waals surface area contributed by atoms with E-state index in [1.54, 1.807) is 30.3 Å². The van der Waals surface area contributed by atoms with Gasteiger partial charge in [-0.25, -0.2) is 12.8 Å². The van der Waals surface area contributed by atoms with Crippen molar-refractivity contribution in [2.24, 2.45) is 0 Å². The zero-order valence-electron chi connectivity index (χ0n) is 20.5. The predicted molar refractivity (Wildman–Crippen MR) is 137 cm³/mol. The molecule has 2 amide bonds. The molecule has 0 aliphatic heterocycles. The van der Waals surface area contributed by atoms with E-state index in [1.165, 1.54) is 23.1 Å². The van der Waals surface area contributed by atoms with Gasteiger partial charge in [0, 0.05) is 30.6 Å². The molecule has 1 atom stereocenters. The Morgan fingerprint density at radius 3 is 2.26 bits per heavy atom. The van der Waals surface area contributed by atoms with Crippen molar-refractivity contribution in [3.05, 3.63) is 64.9 Å². The number of benzene rings is 2. The van der Waals surface area contributed by atoms with Gasteiger partial charge in [0.15, 0.2) is 0 Å². The summed E-state index contributed by atoms with van der Waals surface area (Å²) in [5.74, 6) is -1.22. The molecule has 0 aromatic heterocycles. The highest BCUT2D eigenvalue weighted by molar-refractivity contribution is 7.92. The first kappa shape index (κ1) is 28.6. The van der Waals surface area contributed by atoms with Gasteiger partial charge in [0.25, 0.3) is 0 Å². The van der Waals surface area contributed by atoms with Crippen LogP contribution in [0.3, 0.4) is 0 Å². The van der Waals surface area contributed by atoms with E-state index in [2.05, 4.69) is 5.32 Å². The maximum atomic E-state index is 14.3. The molecule has 0 heterocycles. The lowest BCUT2D eigenvalue weighted by molar-refractivity contribution is -0.141. The molecule has 35 heavy (non-hydrogen) atoms. The van der Waals surface area contributed by atoms with Gasteiger partial charge in [0.2, 0.25) is 21.8 Å². The monoisotopic (exact) mass is 525 g/mol. The van der Waals surface area contributed by atoms with Crippen LogP contribution in [-0.4, -0.2) is 50.0 Å². The van der Waals surface area contributed by atoms with Crippen LogP contribution < -0.4 is 9.62 Å². The molecule has 0 aliphatic carbocycles. The van der Waals surface area contributed by atoms with E-state index in [0.29, 0.717) is 11.4 Å². The van der Waals surface area contributed by atoms with Gasteiger partial charge in [-0.2, -0.15) is 0 Å². The van der Waals surface area contributed by atoms with E-state index in [-0.39, 0.29) is 49.5 Å². The van der Waals surface area contributed by atoms with Crippen molar-refractivity contribution in [2.75, 3.05) is 17.1 Å². The van der Waals surface area contributed by atoms with Crippen molar-refractivity contribution in [1.29, 1.82) is 0 Å². The summed E-state index contributed by atoms with van der Waals surface area (Å²) in [6.45, 7) is 5.64. The number of nitrogens with one attached hydrogen (secondary N) is 1. The summed E-state index contributed by atoms with van der Waals surface area (Å²) in [5.41, 5.74) is 0.742. The molecule has 192 valence electrons. The highest BCUT2D eigenvalue weighted by atomic mass is 35.5. The van der Waals surface area contributed by atoms with Crippen LogP contribution in [0.1, 0.15) is 45.6 Å². The lowest BCUT2D eigenvalue weighted by Gasteiger charge is -2.31. The van der Waals surface area contributed by atoms with E-state index in [4.69, 9.17) is 11.6 Å². The Labute approximate surface area is 212 Å². The van der Waals surface area contributed by atoms with Crippen LogP contribution in [0, 0.1) is 5.82 Å². The molecule has 0 saturated carbocycles. The number of carbonyl (C=O) groups is 2. The molecular weight excluding hydrogens is 493 g/mol. The fraction of sp³-hybridized carbons (Fsp3) is 0.440. The number of rotatable bonds is 12. The molecular formula is C25H33ClFN3O4S. The Bertz CT molecular complexity index is 1110. The summed E-state index contributed by atoms with van der Waals surface area (Å²) in [5, 5.41) is 3.42. The maximum absolute atomic E-state index is 14.3. The zero-order valence-corrected chi connectivity index (χ0v) is 22.1. The first-order chi connectivity index (χ1) is 16.4. The second-order valence-electron chi connectivity index (χ2n) is 8.63. The minimum Gasteiger partial charge on any atom is -0.352 e. The molecule has 0 fully saturated rings. The number of halogens is 2. The summed E-state index contributed by atoms with van der Waals surface area (Å²) in [4.78, 5) is 27.7. The highest BCUT2D eigenvalue weighted by Crippen LogP contribution is 2.22. The number of nitrogens with zero attached hydrogens (tertiary/aromatic N) is 2. The summed E-state index contributed by atoms with van der Waals surface area (Å²) in [6, 6.07) is 11.8.